The number of benzene rings is 1. The van der Waals surface area contributed by atoms with Crippen molar-refractivity contribution < 1.29 is 4.74 Å². The summed E-state index contributed by atoms with van der Waals surface area (Å²) in [4.78, 5) is 4.57. The molecule has 0 spiro atoms. The highest BCUT2D eigenvalue weighted by atomic mass is 16.5. The average molecular weight is 202 g/mol. The van der Waals surface area contributed by atoms with E-state index >= 15 is 0 Å². The zero-order valence-corrected chi connectivity index (χ0v) is 8.81. The zero-order valence-electron chi connectivity index (χ0n) is 8.81. The fourth-order valence-corrected chi connectivity index (χ4v) is 2.35. The molecular formula is C12H14N2O. The normalized spacial score (nSPS) is 21.3. The standard InChI is InChI=1S/C12H14N2O/c1-9-13-11-4-2-3-5-12(11)14(9)10-6-7-15-8-10/h2-5,10H,6-8H2,1H3. The van der Waals surface area contributed by atoms with Crippen LogP contribution in [0.25, 0.3) is 11.0 Å². The van der Waals surface area contributed by atoms with Crippen LogP contribution in [0.15, 0.2) is 24.3 Å². The second kappa shape index (κ2) is 3.35. The van der Waals surface area contributed by atoms with E-state index in [0.29, 0.717) is 6.04 Å². The molecule has 1 aromatic carbocycles. The van der Waals surface area contributed by atoms with Crippen molar-refractivity contribution in [2.75, 3.05) is 13.2 Å². The summed E-state index contributed by atoms with van der Waals surface area (Å²) in [6, 6.07) is 8.76. The molecule has 2 heterocycles. The molecular weight excluding hydrogens is 188 g/mol. The number of para-hydroxylation sites is 2. The second-order valence-corrected chi connectivity index (χ2v) is 4.04. The topological polar surface area (TPSA) is 27.1 Å². The minimum Gasteiger partial charge on any atom is -0.379 e. The van der Waals surface area contributed by atoms with Crippen molar-refractivity contribution in [3.8, 4) is 0 Å². The molecule has 1 saturated heterocycles. The van der Waals surface area contributed by atoms with Gasteiger partial charge in [-0.1, -0.05) is 12.1 Å². The van der Waals surface area contributed by atoms with Gasteiger partial charge < -0.3 is 9.30 Å². The van der Waals surface area contributed by atoms with Gasteiger partial charge in [-0.25, -0.2) is 4.98 Å². The lowest BCUT2D eigenvalue weighted by Crippen LogP contribution is -2.10. The molecule has 0 bridgehead atoms. The highest BCUT2D eigenvalue weighted by Crippen LogP contribution is 2.26. The smallest absolute Gasteiger partial charge is 0.107 e. The van der Waals surface area contributed by atoms with E-state index in [2.05, 4.69) is 34.7 Å². The Bertz CT molecular complexity index is 483. The van der Waals surface area contributed by atoms with Gasteiger partial charge in [0, 0.05) is 6.61 Å². The number of aromatic nitrogens is 2. The minimum absolute atomic E-state index is 0.470. The fourth-order valence-electron chi connectivity index (χ4n) is 2.35. The summed E-state index contributed by atoms with van der Waals surface area (Å²) in [7, 11) is 0. The summed E-state index contributed by atoms with van der Waals surface area (Å²) >= 11 is 0. The molecule has 1 aliphatic rings. The van der Waals surface area contributed by atoms with Gasteiger partial charge in [-0.05, 0) is 25.5 Å². The van der Waals surface area contributed by atoms with Crippen molar-refractivity contribution in [2.24, 2.45) is 0 Å². The summed E-state index contributed by atoms with van der Waals surface area (Å²) in [5.74, 6) is 1.09. The van der Waals surface area contributed by atoms with Gasteiger partial charge in [0.25, 0.3) is 0 Å². The lowest BCUT2D eigenvalue weighted by atomic mass is 10.2. The van der Waals surface area contributed by atoms with E-state index in [1.54, 1.807) is 0 Å². The summed E-state index contributed by atoms with van der Waals surface area (Å²) in [5.41, 5.74) is 2.31. The van der Waals surface area contributed by atoms with E-state index in [1.807, 2.05) is 6.07 Å². The maximum atomic E-state index is 5.44. The van der Waals surface area contributed by atoms with Gasteiger partial charge in [0.2, 0.25) is 0 Å². The van der Waals surface area contributed by atoms with Gasteiger partial charge in [-0.2, -0.15) is 0 Å². The Morgan fingerprint density at radius 3 is 3.07 bits per heavy atom. The van der Waals surface area contributed by atoms with Crippen LogP contribution in [0.5, 0.6) is 0 Å². The van der Waals surface area contributed by atoms with Gasteiger partial charge in [-0.15, -0.1) is 0 Å². The summed E-state index contributed by atoms with van der Waals surface area (Å²) in [5, 5.41) is 0. The molecule has 1 atom stereocenters. The minimum atomic E-state index is 0.470. The average Bonchev–Trinajstić information content (AvgIpc) is 2.82. The van der Waals surface area contributed by atoms with Crippen molar-refractivity contribution in [2.45, 2.75) is 19.4 Å². The predicted molar refractivity (Wildman–Crippen MR) is 58.9 cm³/mol. The van der Waals surface area contributed by atoms with Crippen LogP contribution >= 0.6 is 0 Å². The Kier molecular flexibility index (Phi) is 1.99. The second-order valence-electron chi connectivity index (χ2n) is 4.04. The molecule has 3 heteroatoms. The van der Waals surface area contributed by atoms with Crippen LogP contribution in [0.1, 0.15) is 18.3 Å². The molecule has 15 heavy (non-hydrogen) atoms. The predicted octanol–water partition coefficient (Wildman–Crippen LogP) is 2.31. The van der Waals surface area contributed by atoms with E-state index in [9.17, 15) is 0 Å². The number of rotatable bonds is 1. The van der Waals surface area contributed by atoms with Crippen molar-refractivity contribution >= 4 is 11.0 Å². The molecule has 0 saturated carbocycles. The Morgan fingerprint density at radius 2 is 2.27 bits per heavy atom. The van der Waals surface area contributed by atoms with Gasteiger partial charge >= 0.3 is 0 Å². The number of hydrogen-bond donors (Lipinski definition) is 0. The highest BCUT2D eigenvalue weighted by Gasteiger charge is 2.21. The lowest BCUT2D eigenvalue weighted by molar-refractivity contribution is 0.187. The first-order valence-corrected chi connectivity index (χ1v) is 5.37. The maximum absolute atomic E-state index is 5.44. The fraction of sp³-hybridized carbons (Fsp3) is 0.417. The lowest BCUT2D eigenvalue weighted by Gasteiger charge is -2.12. The number of ether oxygens (including phenoxy) is 1. The van der Waals surface area contributed by atoms with Gasteiger partial charge in [-0.3, -0.25) is 0 Å². The van der Waals surface area contributed by atoms with E-state index < -0.39 is 0 Å². The number of imidazole rings is 1. The number of fused-ring (bicyclic) bond motifs is 1. The van der Waals surface area contributed by atoms with Gasteiger partial charge in [0.15, 0.2) is 0 Å². The summed E-state index contributed by atoms with van der Waals surface area (Å²) in [6.45, 7) is 3.76. The van der Waals surface area contributed by atoms with Crippen LogP contribution in [-0.4, -0.2) is 22.8 Å². The molecule has 0 aliphatic carbocycles. The quantitative estimate of drug-likeness (QED) is 0.709. The van der Waals surface area contributed by atoms with Crippen LogP contribution in [0.2, 0.25) is 0 Å². The molecule has 1 fully saturated rings. The third-order valence-corrected chi connectivity index (χ3v) is 3.04. The first kappa shape index (κ1) is 8.92. The molecule has 1 aliphatic heterocycles. The molecule has 2 aromatic rings. The molecule has 78 valence electrons. The van der Waals surface area contributed by atoms with Crippen LogP contribution in [0.4, 0.5) is 0 Å². The third kappa shape index (κ3) is 1.35. The molecule has 0 N–H and O–H groups in total. The molecule has 3 rings (SSSR count). The molecule has 3 nitrogen and oxygen atoms in total. The van der Waals surface area contributed by atoms with Crippen LogP contribution in [0.3, 0.4) is 0 Å². The largest absolute Gasteiger partial charge is 0.379 e. The first-order valence-electron chi connectivity index (χ1n) is 5.37. The number of aryl methyl sites for hydroxylation is 1. The molecule has 1 aromatic heterocycles. The Balaban J connectivity index is 2.19. The Hall–Kier alpha value is -1.35. The highest BCUT2D eigenvalue weighted by molar-refractivity contribution is 5.76. The van der Waals surface area contributed by atoms with Crippen LogP contribution in [0, 0.1) is 6.92 Å². The van der Waals surface area contributed by atoms with Crippen molar-refractivity contribution in [3.05, 3.63) is 30.1 Å². The number of nitrogens with zero attached hydrogens (tertiary/aromatic N) is 2. The Morgan fingerprint density at radius 1 is 1.40 bits per heavy atom. The van der Waals surface area contributed by atoms with E-state index in [-0.39, 0.29) is 0 Å². The summed E-state index contributed by atoms with van der Waals surface area (Å²) in [6.07, 6.45) is 1.10. The van der Waals surface area contributed by atoms with E-state index in [1.165, 1.54) is 5.52 Å². The van der Waals surface area contributed by atoms with Crippen molar-refractivity contribution in [1.29, 1.82) is 0 Å². The zero-order chi connectivity index (χ0) is 10.3. The Labute approximate surface area is 88.7 Å². The van der Waals surface area contributed by atoms with Gasteiger partial charge in [0.05, 0.1) is 23.7 Å². The molecule has 1 unspecified atom stereocenters. The maximum Gasteiger partial charge on any atom is 0.107 e. The van der Waals surface area contributed by atoms with Crippen molar-refractivity contribution in [1.82, 2.24) is 9.55 Å². The number of hydrogen-bond acceptors (Lipinski definition) is 2. The molecule has 0 amide bonds. The van der Waals surface area contributed by atoms with Crippen LogP contribution in [-0.2, 0) is 4.74 Å². The monoisotopic (exact) mass is 202 g/mol. The van der Waals surface area contributed by atoms with Crippen LogP contribution < -0.4 is 0 Å². The summed E-state index contributed by atoms with van der Waals surface area (Å²) < 4.78 is 7.74. The van der Waals surface area contributed by atoms with E-state index in [4.69, 9.17) is 4.74 Å². The van der Waals surface area contributed by atoms with E-state index in [0.717, 1.165) is 31.0 Å². The first-order chi connectivity index (χ1) is 7.36. The van der Waals surface area contributed by atoms with Gasteiger partial charge in [0.1, 0.15) is 5.82 Å². The molecule has 0 radical (unpaired) electrons. The van der Waals surface area contributed by atoms with Crippen molar-refractivity contribution in [3.63, 3.8) is 0 Å². The third-order valence-electron chi connectivity index (χ3n) is 3.04. The SMILES string of the molecule is Cc1nc2ccccc2n1C1CCOC1.